The molecule has 1 amide bonds. The number of anilines is 1. The van der Waals surface area contributed by atoms with Crippen LogP contribution in [0.15, 0.2) is 47.1 Å². The molecule has 5 heteroatoms. The number of halogens is 2. The number of rotatable bonds is 1. The van der Waals surface area contributed by atoms with E-state index in [-0.39, 0.29) is 5.91 Å². The smallest absolute Gasteiger partial charge is 0.256 e. The highest BCUT2D eigenvalue weighted by Gasteiger charge is 2.24. The first-order valence-electron chi connectivity index (χ1n) is 6.71. The Hall–Kier alpha value is -2.04. The van der Waals surface area contributed by atoms with Crippen molar-refractivity contribution in [3.05, 3.63) is 63.2 Å². The van der Waals surface area contributed by atoms with Crippen molar-refractivity contribution in [3.63, 3.8) is 0 Å². The van der Waals surface area contributed by atoms with Gasteiger partial charge in [-0.05, 0) is 36.4 Å². The van der Waals surface area contributed by atoms with E-state index in [9.17, 15) is 4.79 Å². The summed E-state index contributed by atoms with van der Waals surface area (Å²) in [5, 5.41) is 4.52. The van der Waals surface area contributed by atoms with Crippen LogP contribution >= 0.6 is 27.5 Å². The van der Waals surface area contributed by atoms with Gasteiger partial charge in [0.1, 0.15) is 0 Å². The minimum Gasteiger partial charge on any atom is -0.361 e. The van der Waals surface area contributed by atoms with Crippen LogP contribution in [-0.4, -0.2) is 10.9 Å². The molecule has 2 aromatic carbocycles. The summed E-state index contributed by atoms with van der Waals surface area (Å²) in [6, 6.07) is 11.4. The Morgan fingerprint density at radius 1 is 1.14 bits per heavy atom. The molecular weight excluding hydrogens is 364 g/mol. The van der Waals surface area contributed by atoms with Crippen molar-refractivity contribution in [3.8, 4) is 0 Å². The molecule has 0 bridgehead atoms. The first-order chi connectivity index (χ1) is 10.6. The van der Waals surface area contributed by atoms with Crippen molar-refractivity contribution < 1.29 is 4.79 Å². The van der Waals surface area contributed by atoms with Crippen LogP contribution in [-0.2, 0) is 4.79 Å². The van der Waals surface area contributed by atoms with Crippen LogP contribution in [0.3, 0.4) is 0 Å². The fourth-order valence-electron chi connectivity index (χ4n) is 2.70. The number of hydrogen-bond donors (Lipinski definition) is 2. The molecule has 3 aromatic rings. The molecule has 0 saturated carbocycles. The van der Waals surface area contributed by atoms with Crippen LogP contribution in [0.25, 0.3) is 22.6 Å². The zero-order valence-electron chi connectivity index (χ0n) is 11.3. The second-order valence-electron chi connectivity index (χ2n) is 5.14. The molecule has 0 unspecified atom stereocenters. The average molecular weight is 374 g/mol. The Morgan fingerprint density at radius 2 is 2.00 bits per heavy atom. The molecule has 1 aliphatic rings. The topological polar surface area (TPSA) is 44.9 Å². The Balaban J connectivity index is 1.89. The maximum Gasteiger partial charge on any atom is 0.256 e. The van der Waals surface area contributed by atoms with Gasteiger partial charge >= 0.3 is 0 Å². The van der Waals surface area contributed by atoms with Crippen molar-refractivity contribution in [2.45, 2.75) is 0 Å². The van der Waals surface area contributed by atoms with E-state index >= 15 is 0 Å². The minimum absolute atomic E-state index is 0.110. The summed E-state index contributed by atoms with van der Waals surface area (Å²) in [6.45, 7) is 0. The van der Waals surface area contributed by atoms with Gasteiger partial charge in [0.2, 0.25) is 0 Å². The normalized spacial score (nSPS) is 15.4. The van der Waals surface area contributed by atoms with Crippen LogP contribution in [0.4, 0.5) is 5.69 Å². The minimum atomic E-state index is -0.110. The first kappa shape index (κ1) is 13.6. The number of fused-ring (bicyclic) bond motifs is 2. The number of amides is 1. The number of carbonyl (C=O) groups excluding carboxylic acids is 1. The highest BCUT2D eigenvalue weighted by Crippen LogP contribution is 2.36. The van der Waals surface area contributed by atoms with Gasteiger partial charge in [-0.1, -0.05) is 33.6 Å². The Morgan fingerprint density at radius 3 is 2.86 bits per heavy atom. The molecule has 108 valence electrons. The highest BCUT2D eigenvalue weighted by molar-refractivity contribution is 9.10. The molecule has 2 N–H and O–H groups in total. The molecular formula is C17H10BrClN2O. The van der Waals surface area contributed by atoms with Gasteiger partial charge in [-0.15, -0.1) is 0 Å². The van der Waals surface area contributed by atoms with Gasteiger partial charge in [0.15, 0.2) is 0 Å². The molecule has 0 atom stereocenters. The van der Waals surface area contributed by atoms with E-state index in [0.29, 0.717) is 10.6 Å². The average Bonchev–Trinajstić information content (AvgIpc) is 3.01. The summed E-state index contributed by atoms with van der Waals surface area (Å²) in [5.41, 5.74) is 4.28. The van der Waals surface area contributed by atoms with Crippen LogP contribution in [0, 0.1) is 0 Å². The van der Waals surface area contributed by atoms with Crippen LogP contribution in [0.1, 0.15) is 11.1 Å². The maximum atomic E-state index is 12.2. The van der Waals surface area contributed by atoms with Crippen molar-refractivity contribution in [2.24, 2.45) is 0 Å². The van der Waals surface area contributed by atoms with Crippen molar-refractivity contribution >= 4 is 61.7 Å². The Kier molecular flexibility index (Phi) is 3.10. The number of aromatic amines is 1. The number of H-pyrrole nitrogens is 1. The molecule has 0 spiro atoms. The van der Waals surface area contributed by atoms with Gasteiger partial charge in [-0.2, -0.15) is 0 Å². The third-order valence-corrected chi connectivity index (χ3v) is 4.47. The molecule has 22 heavy (non-hydrogen) atoms. The molecule has 0 aliphatic carbocycles. The second-order valence-corrected chi connectivity index (χ2v) is 6.49. The van der Waals surface area contributed by atoms with Crippen molar-refractivity contribution in [2.75, 3.05) is 5.32 Å². The van der Waals surface area contributed by atoms with E-state index in [1.807, 2.05) is 36.5 Å². The molecule has 2 heterocycles. The first-order valence-corrected chi connectivity index (χ1v) is 7.88. The molecule has 0 radical (unpaired) electrons. The van der Waals surface area contributed by atoms with E-state index in [2.05, 4.69) is 26.2 Å². The lowest BCUT2D eigenvalue weighted by atomic mass is 10.0. The van der Waals surface area contributed by atoms with Gasteiger partial charge in [-0.3, -0.25) is 4.79 Å². The lowest BCUT2D eigenvalue weighted by molar-refractivity contribution is -0.110. The monoisotopic (exact) mass is 372 g/mol. The number of nitrogens with one attached hydrogen (secondary N) is 2. The number of hydrogen-bond acceptors (Lipinski definition) is 1. The number of benzene rings is 2. The van der Waals surface area contributed by atoms with Crippen LogP contribution < -0.4 is 5.32 Å². The van der Waals surface area contributed by atoms with Crippen molar-refractivity contribution in [1.29, 1.82) is 0 Å². The summed E-state index contributed by atoms with van der Waals surface area (Å²) in [4.78, 5) is 15.4. The van der Waals surface area contributed by atoms with E-state index in [1.165, 1.54) is 0 Å². The summed E-state index contributed by atoms with van der Waals surface area (Å²) in [5.74, 6) is -0.110. The fourth-order valence-corrected chi connectivity index (χ4v) is 3.23. The van der Waals surface area contributed by atoms with E-state index in [0.717, 1.165) is 32.2 Å². The summed E-state index contributed by atoms with van der Waals surface area (Å²) < 4.78 is 1.00. The molecule has 1 aromatic heterocycles. The Bertz CT molecular complexity index is 958. The standard InChI is InChI=1S/C17H10BrClN2O/c18-10-1-4-15-13(6-10)9(8-20-15)5-14-12-3-2-11(19)7-16(12)21-17(14)22/h1-8,20H,(H,21,22)/b14-5-. The van der Waals surface area contributed by atoms with Crippen molar-refractivity contribution in [1.82, 2.24) is 4.98 Å². The predicted molar refractivity (Wildman–Crippen MR) is 94.0 cm³/mol. The van der Waals surface area contributed by atoms with Gasteiger partial charge in [0, 0.05) is 43.3 Å². The molecule has 1 aliphatic heterocycles. The second kappa shape index (κ2) is 5.00. The SMILES string of the molecule is O=C1Nc2cc(Cl)ccc2/C1=C/c1c[nH]c2ccc(Br)cc12. The Labute approximate surface area is 140 Å². The number of carbonyl (C=O) groups is 1. The molecule has 4 rings (SSSR count). The summed E-state index contributed by atoms with van der Waals surface area (Å²) in [6.07, 6.45) is 3.81. The molecule has 0 fully saturated rings. The van der Waals surface area contributed by atoms with Gasteiger partial charge < -0.3 is 10.3 Å². The quantitative estimate of drug-likeness (QED) is 0.574. The third kappa shape index (κ3) is 2.16. The predicted octanol–water partition coefficient (Wildman–Crippen LogP) is 5.08. The van der Waals surface area contributed by atoms with Gasteiger partial charge in [0.25, 0.3) is 5.91 Å². The van der Waals surface area contributed by atoms with E-state index in [4.69, 9.17) is 11.6 Å². The lowest BCUT2D eigenvalue weighted by Gasteiger charge is -1.99. The molecule has 3 nitrogen and oxygen atoms in total. The zero-order chi connectivity index (χ0) is 15.3. The maximum absolute atomic E-state index is 12.2. The lowest BCUT2D eigenvalue weighted by Crippen LogP contribution is -2.03. The summed E-state index contributed by atoms with van der Waals surface area (Å²) in [7, 11) is 0. The number of aromatic nitrogens is 1. The van der Waals surface area contributed by atoms with E-state index in [1.54, 1.807) is 12.1 Å². The van der Waals surface area contributed by atoms with E-state index < -0.39 is 0 Å². The zero-order valence-corrected chi connectivity index (χ0v) is 13.6. The fraction of sp³-hybridized carbons (Fsp3) is 0. The van der Waals surface area contributed by atoms with Gasteiger partial charge in [-0.25, -0.2) is 0 Å². The van der Waals surface area contributed by atoms with Gasteiger partial charge in [0.05, 0.1) is 5.69 Å². The molecule has 0 saturated heterocycles. The largest absolute Gasteiger partial charge is 0.361 e. The third-order valence-electron chi connectivity index (χ3n) is 3.74. The van der Waals surface area contributed by atoms with Crippen LogP contribution in [0.5, 0.6) is 0 Å². The van der Waals surface area contributed by atoms with Crippen LogP contribution in [0.2, 0.25) is 5.02 Å². The highest BCUT2D eigenvalue weighted by atomic mass is 79.9. The summed E-state index contributed by atoms with van der Waals surface area (Å²) >= 11 is 9.46.